The molecule has 0 saturated carbocycles. The summed E-state index contributed by atoms with van der Waals surface area (Å²) in [5.41, 5.74) is 3.47. The third-order valence-corrected chi connectivity index (χ3v) is 5.42. The molecule has 0 spiro atoms. The van der Waals surface area contributed by atoms with Crippen LogP contribution in [-0.4, -0.2) is 54.7 Å². The van der Waals surface area contributed by atoms with Gasteiger partial charge in [0.15, 0.2) is 0 Å². The van der Waals surface area contributed by atoms with E-state index in [2.05, 4.69) is 28.9 Å². The predicted molar refractivity (Wildman–Crippen MR) is 104 cm³/mol. The van der Waals surface area contributed by atoms with E-state index in [9.17, 15) is 9.90 Å². The first-order valence-corrected chi connectivity index (χ1v) is 9.28. The SMILES string of the molecule is CC1Cc2ccccc2N1C(=O)CN1CCN(c2ccc(O)cc2)CC1. The lowest BCUT2D eigenvalue weighted by molar-refractivity contribution is -0.120. The summed E-state index contributed by atoms with van der Waals surface area (Å²) in [4.78, 5) is 19.4. The average Bonchev–Trinajstić information content (AvgIpc) is 2.99. The van der Waals surface area contributed by atoms with Gasteiger partial charge in [-0.15, -0.1) is 0 Å². The van der Waals surface area contributed by atoms with Crippen LogP contribution in [0.15, 0.2) is 48.5 Å². The van der Waals surface area contributed by atoms with Crippen molar-refractivity contribution in [1.82, 2.24) is 4.90 Å². The molecule has 5 heteroatoms. The van der Waals surface area contributed by atoms with Crippen LogP contribution in [0.2, 0.25) is 0 Å². The predicted octanol–water partition coefficient (Wildman–Crippen LogP) is 2.49. The highest BCUT2D eigenvalue weighted by atomic mass is 16.3. The Morgan fingerprint density at radius 1 is 1.04 bits per heavy atom. The number of benzene rings is 2. The number of hydrogen-bond donors (Lipinski definition) is 1. The summed E-state index contributed by atoms with van der Waals surface area (Å²) in [7, 11) is 0. The molecule has 0 aromatic heterocycles. The maximum absolute atomic E-state index is 12.9. The van der Waals surface area contributed by atoms with Crippen LogP contribution in [0.25, 0.3) is 0 Å². The van der Waals surface area contributed by atoms with Gasteiger partial charge in [-0.05, 0) is 49.2 Å². The lowest BCUT2D eigenvalue weighted by atomic mass is 10.1. The lowest BCUT2D eigenvalue weighted by Crippen LogP contribution is -2.51. The number of anilines is 2. The zero-order valence-electron chi connectivity index (χ0n) is 15.1. The first-order valence-electron chi connectivity index (χ1n) is 9.28. The number of phenolic OH excluding ortho intramolecular Hbond substituents is 1. The average molecular weight is 351 g/mol. The van der Waals surface area contributed by atoms with Gasteiger partial charge >= 0.3 is 0 Å². The molecule has 136 valence electrons. The molecule has 1 N–H and O–H groups in total. The number of rotatable bonds is 3. The zero-order chi connectivity index (χ0) is 18.1. The Morgan fingerprint density at radius 2 is 1.73 bits per heavy atom. The van der Waals surface area contributed by atoms with Crippen molar-refractivity contribution in [2.24, 2.45) is 0 Å². The van der Waals surface area contributed by atoms with Crippen molar-refractivity contribution < 1.29 is 9.90 Å². The van der Waals surface area contributed by atoms with Crippen LogP contribution in [0.5, 0.6) is 5.75 Å². The number of carbonyl (C=O) groups is 1. The van der Waals surface area contributed by atoms with Gasteiger partial charge in [0.05, 0.1) is 6.54 Å². The van der Waals surface area contributed by atoms with E-state index >= 15 is 0 Å². The molecule has 2 aliphatic rings. The second kappa shape index (κ2) is 7.00. The number of para-hydroxylation sites is 1. The number of piperazine rings is 1. The van der Waals surface area contributed by atoms with E-state index < -0.39 is 0 Å². The fraction of sp³-hybridized carbons (Fsp3) is 0.381. The molecule has 1 fully saturated rings. The van der Waals surface area contributed by atoms with Crippen LogP contribution >= 0.6 is 0 Å². The number of phenols is 1. The molecule has 26 heavy (non-hydrogen) atoms. The van der Waals surface area contributed by atoms with Crippen molar-refractivity contribution in [3.05, 3.63) is 54.1 Å². The number of nitrogens with zero attached hydrogens (tertiary/aromatic N) is 3. The van der Waals surface area contributed by atoms with Crippen molar-refractivity contribution in [1.29, 1.82) is 0 Å². The molecule has 1 saturated heterocycles. The van der Waals surface area contributed by atoms with Crippen LogP contribution in [0.1, 0.15) is 12.5 Å². The molecule has 2 aromatic rings. The summed E-state index contributed by atoms with van der Waals surface area (Å²) in [5.74, 6) is 0.485. The quantitative estimate of drug-likeness (QED) is 0.923. The summed E-state index contributed by atoms with van der Waals surface area (Å²) >= 11 is 0. The van der Waals surface area contributed by atoms with Crippen LogP contribution in [0.3, 0.4) is 0 Å². The van der Waals surface area contributed by atoms with Crippen LogP contribution < -0.4 is 9.80 Å². The molecular weight excluding hydrogens is 326 g/mol. The molecule has 2 aromatic carbocycles. The molecule has 0 bridgehead atoms. The van der Waals surface area contributed by atoms with Gasteiger partial charge in [-0.1, -0.05) is 18.2 Å². The smallest absolute Gasteiger partial charge is 0.241 e. The number of amides is 1. The highest BCUT2D eigenvalue weighted by Crippen LogP contribution is 2.32. The van der Waals surface area contributed by atoms with E-state index in [1.54, 1.807) is 12.1 Å². The van der Waals surface area contributed by atoms with Gasteiger partial charge in [0.1, 0.15) is 5.75 Å². The van der Waals surface area contributed by atoms with Gasteiger partial charge in [-0.3, -0.25) is 9.69 Å². The van der Waals surface area contributed by atoms with E-state index in [0.717, 1.165) is 44.0 Å². The van der Waals surface area contributed by atoms with E-state index in [4.69, 9.17) is 0 Å². The summed E-state index contributed by atoms with van der Waals surface area (Å²) in [6, 6.07) is 15.8. The highest BCUT2D eigenvalue weighted by Gasteiger charge is 2.31. The maximum atomic E-state index is 12.9. The van der Waals surface area contributed by atoms with Gasteiger partial charge in [-0.2, -0.15) is 0 Å². The lowest BCUT2D eigenvalue weighted by Gasteiger charge is -2.36. The highest BCUT2D eigenvalue weighted by molar-refractivity contribution is 5.97. The summed E-state index contributed by atoms with van der Waals surface area (Å²) in [6.45, 7) is 6.13. The van der Waals surface area contributed by atoms with Crippen molar-refractivity contribution in [3.8, 4) is 5.75 Å². The Kier molecular flexibility index (Phi) is 4.55. The normalized spacial score (nSPS) is 20.3. The third-order valence-electron chi connectivity index (χ3n) is 5.42. The number of aromatic hydroxyl groups is 1. The van der Waals surface area contributed by atoms with E-state index in [-0.39, 0.29) is 17.7 Å². The van der Waals surface area contributed by atoms with Crippen molar-refractivity contribution in [2.45, 2.75) is 19.4 Å². The molecule has 0 aliphatic carbocycles. The van der Waals surface area contributed by atoms with Crippen molar-refractivity contribution in [2.75, 3.05) is 42.5 Å². The second-order valence-electron chi connectivity index (χ2n) is 7.23. The zero-order valence-corrected chi connectivity index (χ0v) is 15.1. The number of fused-ring (bicyclic) bond motifs is 1. The first-order chi connectivity index (χ1) is 12.6. The Labute approximate surface area is 154 Å². The topological polar surface area (TPSA) is 47.0 Å². The minimum absolute atomic E-state index is 0.195. The van der Waals surface area contributed by atoms with E-state index in [1.165, 1.54) is 5.56 Å². The Balaban J connectivity index is 1.36. The molecule has 1 unspecified atom stereocenters. The molecule has 4 rings (SSSR count). The van der Waals surface area contributed by atoms with Gasteiger partial charge in [0.25, 0.3) is 0 Å². The van der Waals surface area contributed by atoms with Gasteiger partial charge < -0.3 is 14.9 Å². The van der Waals surface area contributed by atoms with E-state index in [0.29, 0.717) is 6.54 Å². The molecule has 1 amide bonds. The molecule has 1 atom stereocenters. The number of hydrogen-bond acceptors (Lipinski definition) is 4. The minimum Gasteiger partial charge on any atom is -0.508 e. The Bertz CT molecular complexity index is 782. The third kappa shape index (κ3) is 3.27. The standard InChI is InChI=1S/C21H25N3O2/c1-16-14-17-4-2-3-5-20(17)24(16)21(26)15-22-10-12-23(13-11-22)18-6-8-19(25)9-7-18/h2-9,16,25H,10-15H2,1H3. The first kappa shape index (κ1) is 16.9. The molecule has 0 radical (unpaired) electrons. The van der Waals surface area contributed by atoms with Crippen LogP contribution in [0, 0.1) is 0 Å². The Morgan fingerprint density at radius 3 is 2.46 bits per heavy atom. The fourth-order valence-corrected chi connectivity index (χ4v) is 4.04. The van der Waals surface area contributed by atoms with E-state index in [1.807, 2.05) is 29.2 Å². The summed E-state index contributed by atoms with van der Waals surface area (Å²) < 4.78 is 0. The maximum Gasteiger partial charge on any atom is 0.241 e. The molecule has 5 nitrogen and oxygen atoms in total. The second-order valence-corrected chi connectivity index (χ2v) is 7.23. The Hall–Kier alpha value is -2.53. The summed E-state index contributed by atoms with van der Waals surface area (Å²) in [6.07, 6.45) is 0.941. The van der Waals surface area contributed by atoms with Crippen LogP contribution in [0.4, 0.5) is 11.4 Å². The largest absolute Gasteiger partial charge is 0.508 e. The van der Waals surface area contributed by atoms with Crippen molar-refractivity contribution in [3.63, 3.8) is 0 Å². The summed E-state index contributed by atoms with van der Waals surface area (Å²) in [5, 5.41) is 9.42. The van der Waals surface area contributed by atoms with Gasteiger partial charge in [-0.25, -0.2) is 0 Å². The fourth-order valence-electron chi connectivity index (χ4n) is 4.04. The monoisotopic (exact) mass is 351 g/mol. The number of carbonyl (C=O) groups excluding carboxylic acids is 1. The minimum atomic E-state index is 0.195. The molecule has 2 heterocycles. The van der Waals surface area contributed by atoms with Gasteiger partial charge in [0.2, 0.25) is 5.91 Å². The van der Waals surface area contributed by atoms with Crippen LogP contribution in [-0.2, 0) is 11.2 Å². The van der Waals surface area contributed by atoms with Crippen molar-refractivity contribution >= 4 is 17.3 Å². The van der Waals surface area contributed by atoms with Gasteiger partial charge in [0, 0.05) is 43.6 Å². The molecular formula is C21H25N3O2. The molecule has 2 aliphatic heterocycles.